The second-order valence-corrected chi connectivity index (χ2v) is 10.2. The van der Waals surface area contributed by atoms with Crippen molar-refractivity contribution >= 4 is 27.5 Å². The predicted molar refractivity (Wildman–Crippen MR) is 141 cm³/mol. The minimum absolute atomic E-state index is 0.135. The van der Waals surface area contributed by atoms with E-state index in [1.165, 1.54) is 52.8 Å². The third kappa shape index (κ3) is 4.63. The molecule has 13 heteroatoms. The first-order valence-electron chi connectivity index (χ1n) is 11.9. The number of thiophene rings is 1. The van der Waals surface area contributed by atoms with Gasteiger partial charge >= 0.3 is 5.69 Å². The SMILES string of the molecule is COc1ccc(F)cc1C(O)Cn1c(=O)n(C(C)C(=O)N(C)C(C)C)c(=O)c2c(C)c(-n3nccn3)sc21. The molecule has 11 nitrogen and oxygen atoms in total. The van der Waals surface area contributed by atoms with Crippen LogP contribution in [0.25, 0.3) is 15.2 Å². The summed E-state index contributed by atoms with van der Waals surface area (Å²) in [6.45, 7) is 6.51. The van der Waals surface area contributed by atoms with Gasteiger partial charge in [0.1, 0.15) is 33.5 Å². The number of fused-ring (bicyclic) bond motifs is 1. The highest BCUT2D eigenvalue weighted by atomic mass is 32.1. The highest BCUT2D eigenvalue weighted by Crippen LogP contribution is 2.32. The van der Waals surface area contributed by atoms with Crippen LogP contribution >= 0.6 is 11.3 Å². The van der Waals surface area contributed by atoms with Crippen LogP contribution in [-0.2, 0) is 11.3 Å². The molecule has 0 fully saturated rings. The van der Waals surface area contributed by atoms with Crippen LogP contribution in [0.1, 0.15) is 44.0 Å². The molecule has 0 spiro atoms. The number of amides is 1. The van der Waals surface area contributed by atoms with Gasteiger partial charge in [0.2, 0.25) is 5.91 Å². The molecule has 0 saturated heterocycles. The molecule has 1 aromatic carbocycles. The molecule has 202 valence electrons. The van der Waals surface area contributed by atoms with Gasteiger partial charge in [-0.15, -0.1) is 4.80 Å². The number of aliphatic hydroxyl groups excluding tert-OH is 1. The summed E-state index contributed by atoms with van der Waals surface area (Å²) in [5, 5.41) is 20.1. The fraction of sp³-hybridized carbons (Fsp3) is 0.400. The van der Waals surface area contributed by atoms with Gasteiger partial charge in [0.25, 0.3) is 5.56 Å². The molecule has 4 aromatic rings. The van der Waals surface area contributed by atoms with Crippen LogP contribution in [0.3, 0.4) is 0 Å². The Hall–Kier alpha value is -3.84. The first-order chi connectivity index (χ1) is 18.0. The molecule has 0 bridgehead atoms. The van der Waals surface area contributed by atoms with Crippen molar-refractivity contribution in [2.24, 2.45) is 0 Å². The number of aromatic nitrogens is 5. The number of hydrogen-bond acceptors (Lipinski definition) is 8. The number of rotatable bonds is 8. The summed E-state index contributed by atoms with van der Waals surface area (Å²) < 4.78 is 21.5. The van der Waals surface area contributed by atoms with E-state index in [1.54, 1.807) is 14.0 Å². The third-order valence-electron chi connectivity index (χ3n) is 6.59. The second kappa shape index (κ2) is 10.5. The number of benzene rings is 1. The number of methoxy groups -OCH3 is 1. The molecule has 0 radical (unpaired) electrons. The molecule has 3 heterocycles. The molecule has 1 N–H and O–H groups in total. The lowest BCUT2D eigenvalue weighted by atomic mass is 10.1. The minimum Gasteiger partial charge on any atom is -0.496 e. The average molecular weight is 545 g/mol. The van der Waals surface area contributed by atoms with Crippen molar-refractivity contribution in [3.05, 3.63) is 68.4 Å². The van der Waals surface area contributed by atoms with Gasteiger partial charge in [0, 0.05) is 24.2 Å². The fourth-order valence-electron chi connectivity index (χ4n) is 4.26. The smallest absolute Gasteiger partial charge is 0.332 e. The highest BCUT2D eigenvalue weighted by Gasteiger charge is 2.29. The summed E-state index contributed by atoms with van der Waals surface area (Å²) in [5.41, 5.74) is -0.764. The van der Waals surface area contributed by atoms with E-state index in [1.807, 2.05) is 13.8 Å². The number of halogens is 1. The first-order valence-corrected chi connectivity index (χ1v) is 12.7. The molecule has 1 amide bonds. The molecule has 2 unspecified atom stereocenters. The van der Waals surface area contributed by atoms with Gasteiger partial charge in [-0.1, -0.05) is 11.3 Å². The fourth-order valence-corrected chi connectivity index (χ4v) is 5.48. The Morgan fingerprint density at radius 3 is 2.47 bits per heavy atom. The molecule has 38 heavy (non-hydrogen) atoms. The second-order valence-electron chi connectivity index (χ2n) is 9.22. The number of carbonyl (C=O) groups is 1. The monoisotopic (exact) mass is 544 g/mol. The summed E-state index contributed by atoms with van der Waals surface area (Å²) in [6.07, 6.45) is 1.60. The number of carbonyl (C=O) groups excluding carboxylic acids is 1. The minimum atomic E-state index is -1.37. The summed E-state index contributed by atoms with van der Waals surface area (Å²) in [4.78, 5) is 43.8. The van der Waals surface area contributed by atoms with E-state index in [0.29, 0.717) is 10.6 Å². The summed E-state index contributed by atoms with van der Waals surface area (Å²) in [7, 11) is 2.99. The molecule has 3 aromatic heterocycles. The Morgan fingerprint density at radius 2 is 1.87 bits per heavy atom. The number of likely N-dealkylation sites (N-methyl/N-ethyl adjacent to an activating group) is 1. The van der Waals surface area contributed by atoms with Crippen molar-refractivity contribution in [3.63, 3.8) is 0 Å². The molecule has 2 atom stereocenters. The molecular weight excluding hydrogens is 515 g/mol. The Morgan fingerprint density at radius 1 is 1.21 bits per heavy atom. The van der Waals surface area contributed by atoms with Crippen molar-refractivity contribution < 1.29 is 19.0 Å². The lowest BCUT2D eigenvalue weighted by Crippen LogP contribution is -2.47. The lowest BCUT2D eigenvalue weighted by molar-refractivity contribution is -0.134. The van der Waals surface area contributed by atoms with Crippen LogP contribution in [0.5, 0.6) is 5.75 Å². The Kier molecular flexibility index (Phi) is 7.51. The van der Waals surface area contributed by atoms with Gasteiger partial charge in [0.15, 0.2) is 0 Å². The molecule has 0 saturated carbocycles. The highest BCUT2D eigenvalue weighted by molar-refractivity contribution is 7.21. The summed E-state index contributed by atoms with van der Waals surface area (Å²) >= 11 is 1.10. The average Bonchev–Trinajstić information content (AvgIpc) is 3.53. The van der Waals surface area contributed by atoms with Crippen molar-refractivity contribution in [1.29, 1.82) is 0 Å². The zero-order chi connectivity index (χ0) is 27.9. The quantitative estimate of drug-likeness (QED) is 0.361. The number of ether oxygens (including phenoxy) is 1. The molecule has 0 aliphatic heterocycles. The number of nitrogens with zero attached hydrogens (tertiary/aromatic N) is 6. The maximum absolute atomic E-state index is 14.0. The first kappa shape index (κ1) is 27.2. The van der Waals surface area contributed by atoms with Crippen LogP contribution in [0.2, 0.25) is 0 Å². The van der Waals surface area contributed by atoms with Gasteiger partial charge in [-0.2, -0.15) is 10.2 Å². The van der Waals surface area contributed by atoms with Gasteiger partial charge in [-0.25, -0.2) is 13.8 Å². The zero-order valence-electron chi connectivity index (χ0n) is 21.9. The van der Waals surface area contributed by atoms with Crippen LogP contribution in [-0.4, -0.2) is 60.2 Å². The number of hydrogen-bond donors (Lipinski definition) is 1. The maximum Gasteiger partial charge on any atom is 0.332 e. The van der Waals surface area contributed by atoms with Crippen LogP contribution < -0.4 is 16.0 Å². The molecular formula is C25H29FN6O5S. The van der Waals surface area contributed by atoms with Gasteiger partial charge in [-0.3, -0.25) is 14.2 Å². The third-order valence-corrected chi connectivity index (χ3v) is 7.87. The van der Waals surface area contributed by atoms with E-state index >= 15 is 0 Å². The number of aliphatic hydroxyl groups is 1. The predicted octanol–water partition coefficient (Wildman–Crippen LogP) is 2.42. The van der Waals surface area contributed by atoms with Crippen LogP contribution in [0, 0.1) is 12.7 Å². The van der Waals surface area contributed by atoms with E-state index < -0.39 is 35.1 Å². The Bertz CT molecular complexity index is 1610. The maximum atomic E-state index is 14.0. The van der Waals surface area contributed by atoms with Gasteiger partial charge in [0.05, 0.1) is 31.4 Å². The van der Waals surface area contributed by atoms with E-state index in [-0.39, 0.29) is 34.1 Å². The van der Waals surface area contributed by atoms with E-state index in [2.05, 4.69) is 10.2 Å². The largest absolute Gasteiger partial charge is 0.496 e. The molecule has 4 rings (SSSR count). The summed E-state index contributed by atoms with van der Waals surface area (Å²) in [5.74, 6) is -0.765. The molecule has 0 aliphatic carbocycles. The van der Waals surface area contributed by atoms with Crippen LogP contribution in [0.4, 0.5) is 4.39 Å². The van der Waals surface area contributed by atoms with E-state index in [9.17, 15) is 23.9 Å². The lowest BCUT2D eigenvalue weighted by Gasteiger charge is -2.26. The Labute approximate surface area is 221 Å². The summed E-state index contributed by atoms with van der Waals surface area (Å²) in [6, 6.07) is 2.43. The topological polar surface area (TPSA) is 124 Å². The molecule has 0 aliphatic rings. The van der Waals surface area contributed by atoms with Crippen molar-refractivity contribution in [2.45, 2.75) is 52.4 Å². The van der Waals surface area contributed by atoms with Gasteiger partial charge < -0.3 is 14.7 Å². The van der Waals surface area contributed by atoms with Crippen LogP contribution in [0.15, 0.2) is 40.2 Å². The number of aryl methyl sites for hydroxylation is 1. The standard InChI is InChI=1S/C25H29FN6O5S/c1-13(2)29(5)21(34)15(4)31-22(35)20-14(3)23(32-27-9-10-28-32)38-24(20)30(25(31)36)12-18(33)17-11-16(26)7-8-19(17)37-6/h7-11,13,15,18,33H,12H2,1-6H3. The van der Waals surface area contributed by atoms with E-state index in [0.717, 1.165) is 22.0 Å². The normalized spacial score (nSPS) is 13.2. The van der Waals surface area contributed by atoms with E-state index in [4.69, 9.17) is 4.74 Å². The zero-order valence-corrected chi connectivity index (χ0v) is 22.7. The van der Waals surface area contributed by atoms with Crippen molar-refractivity contribution in [1.82, 2.24) is 29.0 Å². The van der Waals surface area contributed by atoms with Gasteiger partial charge in [-0.05, 0) is 45.9 Å². The Balaban J connectivity index is 1.97. The van der Waals surface area contributed by atoms with Crippen molar-refractivity contribution in [3.8, 4) is 10.8 Å². The van der Waals surface area contributed by atoms with Crippen molar-refractivity contribution in [2.75, 3.05) is 14.2 Å².